The molecule has 0 aromatic heterocycles. The molecule has 0 saturated carbocycles. The summed E-state index contributed by atoms with van der Waals surface area (Å²) in [6.07, 6.45) is 25.6. The zero-order chi connectivity index (χ0) is 32.4. The average Bonchev–Trinajstić information content (AvgIpc) is 3.05. The van der Waals surface area contributed by atoms with Gasteiger partial charge in [0.2, 0.25) is 0 Å². The molecule has 0 radical (unpaired) electrons. The summed E-state index contributed by atoms with van der Waals surface area (Å²) >= 11 is 0. The fourth-order valence-electron chi connectivity index (χ4n) is 4.85. The molecule has 0 bridgehead atoms. The maximum Gasteiger partial charge on any atom is 0.0701 e. The van der Waals surface area contributed by atoms with Crippen LogP contribution in [0.4, 0.5) is 0 Å². The molecular weight excluding hydrogens is 572 g/mol. The van der Waals surface area contributed by atoms with Gasteiger partial charge >= 0.3 is 0 Å². The van der Waals surface area contributed by atoms with Crippen LogP contribution in [0.5, 0.6) is 0 Å². The van der Waals surface area contributed by atoms with Crippen molar-refractivity contribution in [1.82, 2.24) is 0 Å². The predicted octanol–water partition coefficient (Wildman–Crippen LogP) is 8.57. The van der Waals surface area contributed by atoms with Crippen molar-refractivity contribution in [3.05, 3.63) is 0 Å². The van der Waals surface area contributed by atoms with Gasteiger partial charge in [0.05, 0.1) is 92.5 Å². The van der Waals surface area contributed by atoms with Gasteiger partial charge in [0.15, 0.2) is 0 Å². The molecule has 8 heteroatoms. The Hall–Kier alpha value is -0.320. The molecule has 0 aromatic carbocycles. The second-order valence-corrected chi connectivity index (χ2v) is 11.9. The molecule has 0 spiro atoms. The summed E-state index contributed by atoms with van der Waals surface area (Å²) in [5.74, 6) is 0. The van der Waals surface area contributed by atoms with E-state index in [-0.39, 0.29) is 0 Å². The first-order valence-corrected chi connectivity index (χ1v) is 19.0. The van der Waals surface area contributed by atoms with Crippen molar-refractivity contribution in [1.29, 1.82) is 0 Å². The van der Waals surface area contributed by atoms with Crippen molar-refractivity contribution >= 4 is 0 Å². The molecule has 8 nitrogen and oxygen atoms in total. The topological polar surface area (TPSA) is 73.8 Å². The van der Waals surface area contributed by atoms with Crippen LogP contribution in [0.3, 0.4) is 0 Å². The van der Waals surface area contributed by atoms with Crippen molar-refractivity contribution in [2.45, 2.75) is 136 Å². The lowest BCUT2D eigenvalue weighted by molar-refractivity contribution is -0.0232. The van der Waals surface area contributed by atoms with Gasteiger partial charge in [-0.25, -0.2) is 0 Å². The Morgan fingerprint density at radius 1 is 0.178 bits per heavy atom. The van der Waals surface area contributed by atoms with Crippen molar-refractivity contribution in [2.24, 2.45) is 0 Å². The number of rotatable bonds is 42. The largest absolute Gasteiger partial charge is 0.379 e. The lowest BCUT2D eigenvalue weighted by atomic mass is 10.0. The summed E-state index contributed by atoms with van der Waals surface area (Å²) in [5.41, 5.74) is 0. The van der Waals surface area contributed by atoms with Crippen molar-refractivity contribution in [2.75, 3.05) is 106 Å². The number of hydrogen-bond donors (Lipinski definition) is 0. The molecular formula is C37H76O8. The molecule has 0 aliphatic carbocycles. The van der Waals surface area contributed by atoms with Crippen LogP contribution >= 0.6 is 0 Å². The smallest absolute Gasteiger partial charge is 0.0701 e. The van der Waals surface area contributed by atoms with Crippen LogP contribution in [-0.2, 0) is 37.9 Å². The Bertz CT molecular complexity index is 455. The summed E-state index contributed by atoms with van der Waals surface area (Å²) in [4.78, 5) is 0. The zero-order valence-electron chi connectivity index (χ0n) is 30.0. The van der Waals surface area contributed by atoms with E-state index >= 15 is 0 Å². The summed E-state index contributed by atoms with van der Waals surface area (Å²) in [6, 6.07) is 0. The second kappa shape index (κ2) is 43.7. The first-order valence-electron chi connectivity index (χ1n) is 19.0. The highest BCUT2D eigenvalue weighted by Gasteiger charge is 1.97. The van der Waals surface area contributed by atoms with Gasteiger partial charge in [-0.2, -0.15) is 0 Å². The third-order valence-electron chi connectivity index (χ3n) is 7.64. The third-order valence-corrected chi connectivity index (χ3v) is 7.64. The van der Waals surface area contributed by atoms with Crippen LogP contribution in [0.2, 0.25) is 0 Å². The molecule has 0 saturated heterocycles. The molecule has 0 aromatic rings. The third kappa shape index (κ3) is 43.7. The van der Waals surface area contributed by atoms with Gasteiger partial charge in [-0.15, -0.1) is 0 Å². The predicted molar refractivity (Wildman–Crippen MR) is 186 cm³/mol. The van der Waals surface area contributed by atoms with E-state index in [0.29, 0.717) is 92.5 Å². The Morgan fingerprint density at radius 2 is 0.333 bits per heavy atom. The second-order valence-electron chi connectivity index (χ2n) is 11.9. The van der Waals surface area contributed by atoms with E-state index in [2.05, 4.69) is 13.8 Å². The van der Waals surface area contributed by atoms with Crippen LogP contribution < -0.4 is 0 Å². The van der Waals surface area contributed by atoms with Crippen LogP contribution in [0, 0.1) is 0 Å². The molecule has 0 aliphatic rings. The van der Waals surface area contributed by atoms with Gasteiger partial charge in [-0.05, 0) is 12.8 Å². The molecule has 45 heavy (non-hydrogen) atoms. The molecule has 0 heterocycles. The van der Waals surface area contributed by atoms with Gasteiger partial charge < -0.3 is 37.9 Å². The molecule has 0 atom stereocenters. The van der Waals surface area contributed by atoms with Gasteiger partial charge in [0, 0.05) is 13.2 Å². The molecule has 0 fully saturated rings. The summed E-state index contributed by atoms with van der Waals surface area (Å²) in [7, 11) is 0. The molecule has 0 amide bonds. The standard InChI is InChI=1S/C37H76O8/c1-3-5-7-9-11-12-13-14-15-16-17-19-21-23-39-25-27-41-29-31-43-33-35-45-37-36-44-34-32-42-30-28-40-26-24-38-22-20-18-10-8-6-4-2/h3-37H2,1-2H3. The highest BCUT2D eigenvalue weighted by atomic mass is 16.6. The Balaban J connectivity index is 3.03. The lowest BCUT2D eigenvalue weighted by Gasteiger charge is -2.09. The normalized spacial score (nSPS) is 11.6. The van der Waals surface area contributed by atoms with Gasteiger partial charge in [-0.3, -0.25) is 0 Å². The van der Waals surface area contributed by atoms with E-state index < -0.39 is 0 Å². The highest BCUT2D eigenvalue weighted by molar-refractivity contribution is 4.49. The van der Waals surface area contributed by atoms with E-state index in [1.54, 1.807) is 0 Å². The average molecular weight is 649 g/mol. The number of unbranched alkanes of at least 4 members (excludes halogenated alkanes) is 17. The molecule has 0 rings (SSSR count). The van der Waals surface area contributed by atoms with E-state index in [1.165, 1.54) is 109 Å². The SMILES string of the molecule is CCCCCCCCCCCCCCCOCCOCCOCCOCCOCCOCCOCCOCCCCCCCC. The quantitative estimate of drug-likeness (QED) is 0.0610. The number of hydrogen-bond acceptors (Lipinski definition) is 8. The van der Waals surface area contributed by atoms with Crippen LogP contribution in [0.15, 0.2) is 0 Å². The van der Waals surface area contributed by atoms with Crippen molar-refractivity contribution < 1.29 is 37.9 Å². The first kappa shape index (κ1) is 44.7. The van der Waals surface area contributed by atoms with E-state index in [4.69, 9.17) is 37.9 Å². The summed E-state index contributed by atoms with van der Waals surface area (Å²) in [6.45, 7) is 14.4. The summed E-state index contributed by atoms with van der Waals surface area (Å²) in [5, 5.41) is 0. The lowest BCUT2D eigenvalue weighted by Crippen LogP contribution is -2.15. The minimum atomic E-state index is 0.554. The summed E-state index contributed by atoms with van der Waals surface area (Å²) < 4.78 is 44.4. The molecule has 0 aliphatic heterocycles. The van der Waals surface area contributed by atoms with E-state index in [0.717, 1.165) is 26.1 Å². The minimum absolute atomic E-state index is 0.554. The monoisotopic (exact) mass is 649 g/mol. The Labute approximate surface area is 279 Å². The van der Waals surface area contributed by atoms with Crippen molar-refractivity contribution in [3.8, 4) is 0 Å². The van der Waals surface area contributed by atoms with Gasteiger partial charge in [0.1, 0.15) is 0 Å². The van der Waals surface area contributed by atoms with Gasteiger partial charge in [0.25, 0.3) is 0 Å². The highest BCUT2D eigenvalue weighted by Crippen LogP contribution is 2.12. The minimum Gasteiger partial charge on any atom is -0.379 e. The van der Waals surface area contributed by atoms with Crippen molar-refractivity contribution in [3.63, 3.8) is 0 Å². The van der Waals surface area contributed by atoms with Gasteiger partial charge in [-0.1, -0.05) is 123 Å². The first-order chi connectivity index (χ1) is 22.4. The Morgan fingerprint density at radius 3 is 0.533 bits per heavy atom. The number of ether oxygens (including phenoxy) is 8. The molecule has 0 unspecified atom stereocenters. The van der Waals surface area contributed by atoms with Crippen LogP contribution in [0.25, 0.3) is 0 Å². The maximum absolute atomic E-state index is 5.68. The van der Waals surface area contributed by atoms with Crippen LogP contribution in [-0.4, -0.2) is 106 Å². The Kier molecular flexibility index (Phi) is 43.4. The zero-order valence-corrected chi connectivity index (χ0v) is 30.0. The fraction of sp³-hybridized carbons (Fsp3) is 1.00. The molecule has 0 N–H and O–H groups in total. The van der Waals surface area contributed by atoms with Crippen LogP contribution in [0.1, 0.15) is 136 Å². The van der Waals surface area contributed by atoms with E-state index in [9.17, 15) is 0 Å². The fourth-order valence-corrected chi connectivity index (χ4v) is 4.85. The molecule has 272 valence electrons. The maximum atomic E-state index is 5.68. The van der Waals surface area contributed by atoms with E-state index in [1.807, 2.05) is 0 Å².